The second kappa shape index (κ2) is 10.3. The standard InChI is InChI=1S/C23H25Cl3N4O2/c24-16-4-7-21(27-14-16)29-11-8-15(9-12-29)23(32)30-10-2-1-3-20(30)22(31)28-17-5-6-18(25)19(26)13-17/h4-7,13-15,20H,1-3,8-12H2,(H,28,31). The molecular weight excluding hydrogens is 471 g/mol. The third-order valence-corrected chi connectivity index (χ3v) is 7.12. The summed E-state index contributed by atoms with van der Waals surface area (Å²) in [6, 6.07) is 8.23. The Labute approximate surface area is 202 Å². The minimum absolute atomic E-state index is 0.0719. The third kappa shape index (κ3) is 5.30. The van der Waals surface area contributed by atoms with Crippen LogP contribution in [0.1, 0.15) is 32.1 Å². The maximum atomic E-state index is 13.4. The fourth-order valence-electron chi connectivity index (χ4n) is 4.41. The normalized spacial score (nSPS) is 19.7. The number of nitrogens with zero attached hydrogens (tertiary/aromatic N) is 3. The lowest BCUT2D eigenvalue weighted by Gasteiger charge is -2.39. The van der Waals surface area contributed by atoms with Crippen molar-refractivity contribution in [2.24, 2.45) is 5.92 Å². The summed E-state index contributed by atoms with van der Waals surface area (Å²) in [7, 11) is 0. The fourth-order valence-corrected chi connectivity index (χ4v) is 4.82. The molecule has 1 aromatic heterocycles. The molecule has 2 amide bonds. The average Bonchev–Trinajstić information content (AvgIpc) is 2.81. The third-order valence-electron chi connectivity index (χ3n) is 6.16. The Morgan fingerprint density at radius 2 is 1.72 bits per heavy atom. The van der Waals surface area contributed by atoms with E-state index in [0.29, 0.717) is 33.7 Å². The van der Waals surface area contributed by atoms with Crippen LogP contribution in [0, 0.1) is 5.92 Å². The molecule has 1 unspecified atom stereocenters. The Morgan fingerprint density at radius 3 is 2.41 bits per heavy atom. The van der Waals surface area contributed by atoms with E-state index in [1.165, 1.54) is 0 Å². The molecule has 2 aliphatic rings. The SMILES string of the molecule is O=C(Nc1ccc(Cl)c(Cl)c1)C1CCCCN1C(=O)C1CCN(c2ccc(Cl)cn2)CC1. The Morgan fingerprint density at radius 1 is 0.938 bits per heavy atom. The van der Waals surface area contributed by atoms with Crippen molar-refractivity contribution < 1.29 is 9.59 Å². The van der Waals surface area contributed by atoms with E-state index in [9.17, 15) is 9.59 Å². The molecule has 1 aromatic carbocycles. The number of hydrogen-bond acceptors (Lipinski definition) is 4. The van der Waals surface area contributed by atoms with Crippen LogP contribution >= 0.6 is 34.8 Å². The van der Waals surface area contributed by atoms with Crippen molar-refractivity contribution in [2.45, 2.75) is 38.1 Å². The van der Waals surface area contributed by atoms with Crippen molar-refractivity contribution in [3.8, 4) is 0 Å². The molecule has 2 aliphatic heterocycles. The summed E-state index contributed by atoms with van der Waals surface area (Å²) in [6.07, 6.45) is 5.60. The number of nitrogens with one attached hydrogen (secondary N) is 1. The van der Waals surface area contributed by atoms with Gasteiger partial charge >= 0.3 is 0 Å². The van der Waals surface area contributed by atoms with E-state index in [1.54, 1.807) is 29.3 Å². The van der Waals surface area contributed by atoms with Crippen LogP contribution in [-0.2, 0) is 9.59 Å². The van der Waals surface area contributed by atoms with E-state index in [0.717, 1.165) is 44.6 Å². The molecule has 32 heavy (non-hydrogen) atoms. The van der Waals surface area contributed by atoms with E-state index < -0.39 is 6.04 Å². The number of pyridine rings is 1. The van der Waals surface area contributed by atoms with Crippen LogP contribution < -0.4 is 10.2 Å². The van der Waals surface area contributed by atoms with Gasteiger partial charge in [0.15, 0.2) is 0 Å². The molecule has 0 bridgehead atoms. The second-order valence-electron chi connectivity index (χ2n) is 8.26. The first-order chi connectivity index (χ1) is 15.4. The molecule has 1 N–H and O–H groups in total. The number of amides is 2. The van der Waals surface area contributed by atoms with Crippen LogP contribution in [0.15, 0.2) is 36.5 Å². The highest BCUT2D eigenvalue weighted by Gasteiger charge is 2.36. The first-order valence-electron chi connectivity index (χ1n) is 10.9. The maximum absolute atomic E-state index is 13.4. The highest BCUT2D eigenvalue weighted by Crippen LogP contribution is 2.29. The number of benzene rings is 1. The number of carbonyl (C=O) groups excluding carboxylic acids is 2. The molecule has 0 aliphatic carbocycles. The number of aromatic nitrogens is 1. The summed E-state index contributed by atoms with van der Waals surface area (Å²) in [6.45, 7) is 2.11. The van der Waals surface area contributed by atoms with E-state index in [1.807, 2.05) is 12.1 Å². The zero-order valence-corrected chi connectivity index (χ0v) is 19.8. The molecule has 0 spiro atoms. The first kappa shape index (κ1) is 23.1. The minimum atomic E-state index is -0.471. The minimum Gasteiger partial charge on any atom is -0.357 e. The van der Waals surface area contributed by atoms with Gasteiger partial charge in [-0.25, -0.2) is 4.98 Å². The van der Waals surface area contributed by atoms with Gasteiger partial charge in [0, 0.05) is 37.4 Å². The summed E-state index contributed by atoms with van der Waals surface area (Å²) in [5, 5.41) is 4.31. The van der Waals surface area contributed by atoms with E-state index in [2.05, 4.69) is 15.2 Å². The zero-order valence-electron chi connectivity index (χ0n) is 17.6. The Bertz CT molecular complexity index is 978. The van der Waals surface area contributed by atoms with Crippen molar-refractivity contribution in [3.05, 3.63) is 51.6 Å². The van der Waals surface area contributed by atoms with E-state index in [-0.39, 0.29) is 17.7 Å². The van der Waals surface area contributed by atoms with Crippen LogP contribution in [0.4, 0.5) is 11.5 Å². The molecule has 1 atom stereocenters. The maximum Gasteiger partial charge on any atom is 0.247 e. The van der Waals surface area contributed by atoms with Crippen molar-refractivity contribution >= 4 is 58.1 Å². The Hall–Kier alpha value is -2.02. The Balaban J connectivity index is 1.38. The smallest absolute Gasteiger partial charge is 0.247 e. The van der Waals surface area contributed by atoms with Gasteiger partial charge < -0.3 is 15.1 Å². The summed E-state index contributed by atoms with van der Waals surface area (Å²) in [5.41, 5.74) is 0.575. The molecule has 3 heterocycles. The van der Waals surface area contributed by atoms with Crippen LogP contribution in [0.2, 0.25) is 15.1 Å². The highest BCUT2D eigenvalue weighted by molar-refractivity contribution is 6.42. The van der Waals surface area contributed by atoms with Gasteiger partial charge in [0.1, 0.15) is 11.9 Å². The van der Waals surface area contributed by atoms with Crippen LogP contribution in [-0.4, -0.2) is 47.4 Å². The van der Waals surface area contributed by atoms with Crippen molar-refractivity contribution in [1.29, 1.82) is 0 Å². The molecule has 0 saturated carbocycles. The molecule has 4 rings (SSSR count). The molecule has 2 fully saturated rings. The van der Waals surface area contributed by atoms with Crippen molar-refractivity contribution in [2.75, 3.05) is 29.9 Å². The summed E-state index contributed by atoms with van der Waals surface area (Å²) in [5.74, 6) is 0.677. The van der Waals surface area contributed by atoms with E-state index in [4.69, 9.17) is 34.8 Å². The number of likely N-dealkylation sites (tertiary alicyclic amines) is 1. The van der Waals surface area contributed by atoms with E-state index >= 15 is 0 Å². The topological polar surface area (TPSA) is 65.5 Å². The van der Waals surface area contributed by atoms with Crippen molar-refractivity contribution in [3.63, 3.8) is 0 Å². The molecule has 170 valence electrons. The van der Waals surface area contributed by atoms with Crippen molar-refractivity contribution in [1.82, 2.24) is 9.88 Å². The number of carbonyl (C=O) groups is 2. The lowest BCUT2D eigenvalue weighted by Crippen LogP contribution is -2.53. The molecular formula is C23H25Cl3N4O2. The van der Waals surface area contributed by atoms with Gasteiger partial charge in [0.25, 0.3) is 0 Å². The second-order valence-corrected chi connectivity index (χ2v) is 9.51. The van der Waals surface area contributed by atoms with Crippen LogP contribution in [0.25, 0.3) is 0 Å². The lowest BCUT2D eigenvalue weighted by atomic mass is 9.92. The first-order valence-corrected chi connectivity index (χ1v) is 12.0. The largest absolute Gasteiger partial charge is 0.357 e. The summed E-state index contributed by atoms with van der Waals surface area (Å²) < 4.78 is 0. The molecule has 6 nitrogen and oxygen atoms in total. The van der Waals surface area contributed by atoms with Gasteiger partial charge in [0.2, 0.25) is 11.8 Å². The van der Waals surface area contributed by atoms with Gasteiger partial charge in [0.05, 0.1) is 15.1 Å². The average molecular weight is 496 g/mol. The van der Waals surface area contributed by atoms with Crippen LogP contribution in [0.5, 0.6) is 0 Å². The molecule has 9 heteroatoms. The Kier molecular flexibility index (Phi) is 7.44. The lowest BCUT2D eigenvalue weighted by molar-refractivity contribution is -0.144. The fraction of sp³-hybridized carbons (Fsp3) is 0.435. The number of piperidine rings is 2. The van der Waals surface area contributed by atoms with Crippen LogP contribution in [0.3, 0.4) is 0 Å². The number of hydrogen-bond donors (Lipinski definition) is 1. The highest BCUT2D eigenvalue weighted by atomic mass is 35.5. The van der Waals surface area contributed by atoms with Gasteiger partial charge in [-0.05, 0) is 62.4 Å². The zero-order chi connectivity index (χ0) is 22.7. The monoisotopic (exact) mass is 494 g/mol. The number of anilines is 2. The van der Waals surface area contributed by atoms with Gasteiger partial charge in [-0.3, -0.25) is 9.59 Å². The quantitative estimate of drug-likeness (QED) is 0.627. The molecule has 2 saturated heterocycles. The number of rotatable bonds is 4. The molecule has 2 aromatic rings. The van der Waals surface area contributed by atoms with Gasteiger partial charge in [-0.15, -0.1) is 0 Å². The summed E-state index contributed by atoms with van der Waals surface area (Å²) in [4.78, 5) is 34.7. The van der Waals surface area contributed by atoms with Gasteiger partial charge in [-0.1, -0.05) is 34.8 Å². The predicted octanol–water partition coefficient (Wildman–Crippen LogP) is 5.28. The van der Waals surface area contributed by atoms with Gasteiger partial charge in [-0.2, -0.15) is 0 Å². The number of halogens is 3. The summed E-state index contributed by atoms with van der Waals surface area (Å²) >= 11 is 18.0. The molecule has 0 radical (unpaired) electrons. The predicted molar refractivity (Wildman–Crippen MR) is 129 cm³/mol.